The highest BCUT2D eigenvalue weighted by molar-refractivity contribution is 5.92. The molecule has 1 aromatic heterocycles. The summed E-state index contributed by atoms with van der Waals surface area (Å²) >= 11 is 0. The molecule has 0 spiro atoms. The number of benzene rings is 1. The second kappa shape index (κ2) is 7.99. The quantitative estimate of drug-likeness (QED) is 0.828. The molecule has 0 aliphatic heterocycles. The minimum absolute atomic E-state index is 0. The molecule has 0 saturated carbocycles. The van der Waals surface area contributed by atoms with E-state index in [-0.39, 0.29) is 30.0 Å². The van der Waals surface area contributed by atoms with Crippen molar-refractivity contribution in [1.82, 2.24) is 14.9 Å². The van der Waals surface area contributed by atoms with Crippen LogP contribution in [0.25, 0.3) is 6.08 Å². The van der Waals surface area contributed by atoms with E-state index in [4.69, 9.17) is 5.11 Å². The molecule has 22 heavy (non-hydrogen) atoms. The fourth-order valence-electron chi connectivity index (χ4n) is 1.77. The number of rotatable bonds is 5. The third-order valence-corrected chi connectivity index (χ3v) is 2.88. The normalized spacial score (nSPS) is 11.7. The molecule has 0 fully saturated rings. The summed E-state index contributed by atoms with van der Waals surface area (Å²) < 4.78 is 1.76. The van der Waals surface area contributed by atoms with Crippen molar-refractivity contribution in [1.29, 1.82) is 0 Å². The van der Waals surface area contributed by atoms with Gasteiger partial charge in [0.05, 0.1) is 11.9 Å². The molecule has 6 nitrogen and oxygen atoms in total. The van der Waals surface area contributed by atoms with Gasteiger partial charge in [-0.25, -0.2) is 9.78 Å². The monoisotopic (exact) mass is 321 g/mol. The van der Waals surface area contributed by atoms with Crippen LogP contribution in [0.3, 0.4) is 0 Å². The standard InChI is InChI=1S/C15H15N3O3.ClH/c1-11(18-8-7-16-10-18)17-14(19)6-5-12-3-2-4-13(9-12)15(20)21;/h2-11H,1H3,(H,17,19)(H,20,21);1H. The van der Waals surface area contributed by atoms with E-state index in [9.17, 15) is 9.59 Å². The van der Waals surface area contributed by atoms with E-state index in [0.29, 0.717) is 5.56 Å². The number of imidazole rings is 1. The van der Waals surface area contributed by atoms with Crippen molar-refractivity contribution in [3.05, 3.63) is 60.2 Å². The Hall–Kier alpha value is -2.60. The van der Waals surface area contributed by atoms with Crippen LogP contribution in [0.5, 0.6) is 0 Å². The van der Waals surface area contributed by atoms with E-state index in [1.165, 1.54) is 18.2 Å². The van der Waals surface area contributed by atoms with Gasteiger partial charge in [0.2, 0.25) is 5.91 Å². The number of nitrogens with zero attached hydrogens (tertiary/aromatic N) is 2. The van der Waals surface area contributed by atoms with Crippen molar-refractivity contribution in [2.75, 3.05) is 0 Å². The van der Waals surface area contributed by atoms with Gasteiger partial charge in [0.1, 0.15) is 6.17 Å². The van der Waals surface area contributed by atoms with Crippen LogP contribution in [0, 0.1) is 0 Å². The lowest BCUT2D eigenvalue weighted by Crippen LogP contribution is -2.28. The molecule has 1 unspecified atom stereocenters. The van der Waals surface area contributed by atoms with Gasteiger partial charge in [-0.15, -0.1) is 12.4 Å². The third kappa shape index (κ3) is 4.75. The highest BCUT2D eigenvalue weighted by Gasteiger charge is 2.05. The molecule has 7 heteroatoms. The summed E-state index contributed by atoms with van der Waals surface area (Å²) in [5.74, 6) is -1.26. The van der Waals surface area contributed by atoms with E-state index in [1.807, 2.05) is 6.92 Å². The van der Waals surface area contributed by atoms with Crippen LogP contribution in [0.15, 0.2) is 49.1 Å². The number of carbonyl (C=O) groups is 2. The zero-order chi connectivity index (χ0) is 15.2. The number of carbonyl (C=O) groups excluding carboxylic acids is 1. The maximum Gasteiger partial charge on any atom is 0.335 e. The van der Waals surface area contributed by atoms with Crippen molar-refractivity contribution in [3.63, 3.8) is 0 Å². The Bertz CT molecular complexity index is 668. The summed E-state index contributed by atoms with van der Waals surface area (Å²) in [6, 6.07) is 6.37. The number of halogens is 1. The van der Waals surface area contributed by atoms with Gasteiger partial charge in [-0.2, -0.15) is 0 Å². The van der Waals surface area contributed by atoms with E-state index < -0.39 is 5.97 Å². The molecule has 2 N–H and O–H groups in total. The largest absolute Gasteiger partial charge is 0.478 e. The van der Waals surface area contributed by atoms with E-state index >= 15 is 0 Å². The van der Waals surface area contributed by atoms with Crippen LogP contribution in [0.1, 0.15) is 29.0 Å². The Kier molecular flexibility index (Phi) is 6.34. The van der Waals surface area contributed by atoms with Crippen LogP contribution in [-0.4, -0.2) is 26.5 Å². The zero-order valence-electron chi connectivity index (χ0n) is 11.8. The molecule has 2 rings (SSSR count). The predicted molar refractivity (Wildman–Crippen MR) is 84.8 cm³/mol. The third-order valence-electron chi connectivity index (χ3n) is 2.88. The molecule has 0 saturated heterocycles. The number of nitrogens with one attached hydrogen (secondary N) is 1. The molecule has 1 aromatic carbocycles. The van der Waals surface area contributed by atoms with Gasteiger partial charge < -0.3 is 15.0 Å². The van der Waals surface area contributed by atoms with Gasteiger partial charge in [-0.1, -0.05) is 12.1 Å². The molecular formula is C15H16ClN3O3. The van der Waals surface area contributed by atoms with Crippen LogP contribution < -0.4 is 5.32 Å². The molecule has 1 amide bonds. The lowest BCUT2D eigenvalue weighted by molar-refractivity contribution is -0.117. The van der Waals surface area contributed by atoms with E-state index in [1.54, 1.807) is 41.5 Å². The first kappa shape index (κ1) is 17.5. The Labute approximate surface area is 133 Å². The fourth-order valence-corrected chi connectivity index (χ4v) is 1.77. The SMILES string of the molecule is CC(NC(=O)C=Cc1cccc(C(=O)O)c1)n1ccnc1.Cl. The molecule has 2 aromatic rings. The number of hydrogen-bond donors (Lipinski definition) is 2. The van der Waals surface area contributed by atoms with Crippen molar-refractivity contribution in [2.24, 2.45) is 0 Å². The van der Waals surface area contributed by atoms with Gasteiger partial charge in [0, 0.05) is 18.5 Å². The van der Waals surface area contributed by atoms with Gasteiger partial charge in [0.15, 0.2) is 0 Å². The molecule has 116 valence electrons. The summed E-state index contributed by atoms with van der Waals surface area (Å²) in [6.45, 7) is 1.83. The minimum Gasteiger partial charge on any atom is -0.478 e. The van der Waals surface area contributed by atoms with Crippen molar-refractivity contribution < 1.29 is 14.7 Å². The van der Waals surface area contributed by atoms with Gasteiger partial charge in [0.25, 0.3) is 0 Å². The summed E-state index contributed by atoms with van der Waals surface area (Å²) in [5.41, 5.74) is 0.838. The molecule has 0 radical (unpaired) electrons. The van der Waals surface area contributed by atoms with E-state index in [2.05, 4.69) is 10.3 Å². The number of amides is 1. The summed E-state index contributed by atoms with van der Waals surface area (Å²) in [6.07, 6.45) is 7.73. The Morgan fingerprint density at radius 2 is 2.18 bits per heavy atom. The lowest BCUT2D eigenvalue weighted by Gasteiger charge is -2.13. The smallest absolute Gasteiger partial charge is 0.335 e. The molecule has 0 aliphatic carbocycles. The summed E-state index contributed by atoms with van der Waals surface area (Å²) in [7, 11) is 0. The molecule has 0 aliphatic rings. The second-order valence-electron chi connectivity index (χ2n) is 4.46. The van der Waals surface area contributed by atoms with Crippen LogP contribution >= 0.6 is 12.4 Å². The van der Waals surface area contributed by atoms with Crippen molar-refractivity contribution in [3.8, 4) is 0 Å². The average Bonchev–Trinajstić information content (AvgIpc) is 2.99. The van der Waals surface area contributed by atoms with Crippen LogP contribution in [-0.2, 0) is 4.79 Å². The number of hydrogen-bond acceptors (Lipinski definition) is 3. The molecular weight excluding hydrogens is 306 g/mol. The molecule has 1 atom stereocenters. The molecule has 1 heterocycles. The fraction of sp³-hybridized carbons (Fsp3) is 0.133. The van der Waals surface area contributed by atoms with Gasteiger partial charge in [-0.3, -0.25) is 4.79 Å². The van der Waals surface area contributed by atoms with Crippen molar-refractivity contribution in [2.45, 2.75) is 13.1 Å². The highest BCUT2D eigenvalue weighted by atomic mass is 35.5. The average molecular weight is 322 g/mol. The maximum absolute atomic E-state index is 11.8. The molecule has 0 bridgehead atoms. The van der Waals surface area contributed by atoms with Crippen LogP contribution in [0.2, 0.25) is 0 Å². The van der Waals surface area contributed by atoms with E-state index in [0.717, 1.165) is 0 Å². The lowest BCUT2D eigenvalue weighted by atomic mass is 10.1. The first-order valence-electron chi connectivity index (χ1n) is 6.35. The zero-order valence-corrected chi connectivity index (χ0v) is 12.7. The topological polar surface area (TPSA) is 84.2 Å². The van der Waals surface area contributed by atoms with Gasteiger partial charge >= 0.3 is 5.97 Å². The Morgan fingerprint density at radius 1 is 1.41 bits per heavy atom. The minimum atomic E-state index is -0.997. The predicted octanol–water partition coefficient (Wildman–Crippen LogP) is 2.35. The number of carboxylic acid groups (broad SMARTS) is 1. The summed E-state index contributed by atoms with van der Waals surface area (Å²) in [5, 5.41) is 11.7. The van der Waals surface area contributed by atoms with Gasteiger partial charge in [-0.05, 0) is 30.7 Å². The van der Waals surface area contributed by atoms with Crippen LogP contribution in [0.4, 0.5) is 0 Å². The maximum atomic E-state index is 11.8. The second-order valence-corrected chi connectivity index (χ2v) is 4.46. The van der Waals surface area contributed by atoms with Crippen molar-refractivity contribution >= 4 is 30.4 Å². The Morgan fingerprint density at radius 3 is 2.82 bits per heavy atom. The first-order valence-corrected chi connectivity index (χ1v) is 6.35. The number of carboxylic acids is 1. The Balaban J connectivity index is 0.00000242. The number of aromatic nitrogens is 2. The number of aromatic carboxylic acids is 1. The highest BCUT2D eigenvalue weighted by Crippen LogP contribution is 2.07. The summed E-state index contributed by atoms with van der Waals surface area (Å²) in [4.78, 5) is 26.6. The first-order chi connectivity index (χ1) is 10.1.